The molecular formula is C14H12O3. The van der Waals surface area contributed by atoms with E-state index in [9.17, 15) is 9.90 Å². The number of methoxy groups -OCH3 is 1. The van der Waals surface area contributed by atoms with Gasteiger partial charge in [0.2, 0.25) is 0 Å². The first-order valence-electron chi connectivity index (χ1n) is 5.18. The summed E-state index contributed by atoms with van der Waals surface area (Å²) in [6.07, 6.45) is 0.802. The summed E-state index contributed by atoms with van der Waals surface area (Å²) in [6, 6.07) is 12.3. The second-order valence-corrected chi connectivity index (χ2v) is 3.59. The van der Waals surface area contributed by atoms with Gasteiger partial charge in [0.1, 0.15) is 0 Å². The fourth-order valence-corrected chi connectivity index (χ4v) is 1.72. The molecule has 1 N–H and O–H groups in total. The number of aromatic hydroxyl groups is 1. The summed E-state index contributed by atoms with van der Waals surface area (Å²) < 4.78 is 4.97. The molecule has 0 saturated carbocycles. The van der Waals surface area contributed by atoms with Crippen LogP contribution in [0.25, 0.3) is 11.1 Å². The Bertz CT molecular complexity index is 547. The minimum Gasteiger partial charge on any atom is -0.504 e. The van der Waals surface area contributed by atoms with E-state index in [1.165, 1.54) is 7.11 Å². The zero-order chi connectivity index (χ0) is 12.3. The zero-order valence-electron chi connectivity index (χ0n) is 9.38. The minimum atomic E-state index is 0.0608. The largest absolute Gasteiger partial charge is 0.504 e. The van der Waals surface area contributed by atoms with Gasteiger partial charge in [-0.05, 0) is 23.3 Å². The molecule has 0 saturated heterocycles. The first-order chi connectivity index (χ1) is 8.26. The van der Waals surface area contributed by atoms with Crippen molar-refractivity contribution in [2.75, 3.05) is 7.11 Å². The molecule has 2 aromatic carbocycles. The quantitative estimate of drug-likeness (QED) is 0.821. The summed E-state index contributed by atoms with van der Waals surface area (Å²) in [5, 5.41) is 9.70. The van der Waals surface area contributed by atoms with Crippen LogP contribution in [0, 0.1) is 0 Å². The fraction of sp³-hybridized carbons (Fsp3) is 0.0714. The van der Waals surface area contributed by atoms with E-state index in [-0.39, 0.29) is 5.75 Å². The molecule has 3 heteroatoms. The van der Waals surface area contributed by atoms with Crippen molar-refractivity contribution >= 4 is 6.29 Å². The van der Waals surface area contributed by atoms with E-state index in [1.54, 1.807) is 30.3 Å². The Balaban J connectivity index is 2.53. The number of aldehydes is 1. The first kappa shape index (κ1) is 11.2. The standard InChI is InChI=1S/C14H12O3/c1-17-14-7-6-10(8-13(14)16)12-5-3-2-4-11(12)9-15/h2-9,16H,1H3. The average Bonchev–Trinajstić information content (AvgIpc) is 2.38. The normalized spacial score (nSPS) is 9.94. The van der Waals surface area contributed by atoms with Gasteiger partial charge in [0, 0.05) is 5.56 Å². The summed E-state index contributed by atoms with van der Waals surface area (Å²) in [7, 11) is 1.49. The average molecular weight is 228 g/mol. The van der Waals surface area contributed by atoms with Gasteiger partial charge in [-0.2, -0.15) is 0 Å². The molecule has 0 aromatic heterocycles. The lowest BCUT2D eigenvalue weighted by atomic mass is 10.00. The smallest absolute Gasteiger partial charge is 0.160 e. The Morgan fingerprint density at radius 1 is 1.18 bits per heavy atom. The number of benzene rings is 2. The highest BCUT2D eigenvalue weighted by Crippen LogP contribution is 2.32. The van der Waals surface area contributed by atoms with Crippen molar-refractivity contribution < 1.29 is 14.6 Å². The highest BCUT2D eigenvalue weighted by Gasteiger charge is 2.07. The molecule has 0 amide bonds. The van der Waals surface area contributed by atoms with Crippen LogP contribution >= 0.6 is 0 Å². The molecule has 2 aromatic rings. The number of hydrogen-bond donors (Lipinski definition) is 1. The maximum atomic E-state index is 10.9. The Morgan fingerprint density at radius 3 is 2.59 bits per heavy atom. The van der Waals surface area contributed by atoms with Crippen molar-refractivity contribution in [1.29, 1.82) is 0 Å². The summed E-state index contributed by atoms with van der Waals surface area (Å²) in [6.45, 7) is 0. The molecule has 0 atom stereocenters. The molecule has 0 heterocycles. The number of carbonyl (C=O) groups excluding carboxylic acids is 1. The van der Waals surface area contributed by atoms with Crippen LogP contribution in [-0.2, 0) is 0 Å². The van der Waals surface area contributed by atoms with E-state index in [2.05, 4.69) is 0 Å². The maximum absolute atomic E-state index is 10.9. The van der Waals surface area contributed by atoms with Crippen molar-refractivity contribution in [3.63, 3.8) is 0 Å². The van der Waals surface area contributed by atoms with Crippen LogP contribution in [0.5, 0.6) is 11.5 Å². The lowest BCUT2D eigenvalue weighted by Crippen LogP contribution is -1.88. The monoisotopic (exact) mass is 228 g/mol. The Hall–Kier alpha value is -2.29. The Kier molecular flexibility index (Phi) is 3.10. The van der Waals surface area contributed by atoms with Crippen molar-refractivity contribution in [2.45, 2.75) is 0 Å². The number of carbonyl (C=O) groups is 1. The predicted molar refractivity (Wildman–Crippen MR) is 65.5 cm³/mol. The van der Waals surface area contributed by atoms with E-state index in [0.717, 1.165) is 17.4 Å². The molecule has 0 aliphatic rings. The molecular weight excluding hydrogens is 216 g/mol. The second kappa shape index (κ2) is 4.70. The van der Waals surface area contributed by atoms with Crippen LogP contribution in [0.3, 0.4) is 0 Å². The molecule has 0 fully saturated rings. The zero-order valence-corrected chi connectivity index (χ0v) is 9.38. The molecule has 17 heavy (non-hydrogen) atoms. The third kappa shape index (κ3) is 2.13. The van der Waals surface area contributed by atoms with Crippen LogP contribution in [-0.4, -0.2) is 18.5 Å². The first-order valence-corrected chi connectivity index (χ1v) is 5.18. The molecule has 0 unspecified atom stereocenters. The highest BCUT2D eigenvalue weighted by atomic mass is 16.5. The lowest BCUT2D eigenvalue weighted by Gasteiger charge is -2.08. The highest BCUT2D eigenvalue weighted by molar-refractivity contribution is 5.87. The van der Waals surface area contributed by atoms with E-state index < -0.39 is 0 Å². The molecule has 2 rings (SSSR count). The van der Waals surface area contributed by atoms with Gasteiger partial charge < -0.3 is 9.84 Å². The number of rotatable bonds is 3. The molecule has 0 spiro atoms. The van der Waals surface area contributed by atoms with Crippen molar-refractivity contribution in [1.82, 2.24) is 0 Å². The molecule has 0 bridgehead atoms. The van der Waals surface area contributed by atoms with Crippen molar-refractivity contribution in [3.8, 4) is 22.6 Å². The third-order valence-electron chi connectivity index (χ3n) is 2.58. The van der Waals surface area contributed by atoms with Crippen LogP contribution < -0.4 is 4.74 Å². The maximum Gasteiger partial charge on any atom is 0.160 e. The SMILES string of the molecule is COc1ccc(-c2ccccc2C=O)cc1O. The van der Waals surface area contributed by atoms with Gasteiger partial charge in [-0.25, -0.2) is 0 Å². The van der Waals surface area contributed by atoms with Gasteiger partial charge in [-0.3, -0.25) is 4.79 Å². The lowest BCUT2D eigenvalue weighted by molar-refractivity contribution is 0.112. The third-order valence-corrected chi connectivity index (χ3v) is 2.58. The van der Waals surface area contributed by atoms with Crippen LogP contribution in [0.15, 0.2) is 42.5 Å². The van der Waals surface area contributed by atoms with E-state index in [0.29, 0.717) is 11.3 Å². The van der Waals surface area contributed by atoms with Crippen LogP contribution in [0.2, 0.25) is 0 Å². The number of ether oxygens (including phenoxy) is 1. The van der Waals surface area contributed by atoms with Crippen molar-refractivity contribution in [2.24, 2.45) is 0 Å². The topological polar surface area (TPSA) is 46.5 Å². The molecule has 0 aliphatic carbocycles. The Labute approximate surface area is 99.3 Å². The summed E-state index contributed by atoms with van der Waals surface area (Å²) in [5.74, 6) is 0.475. The molecule has 86 valence electrons. The fourth-order valence-electron chi connectivity index (χ4n) is 1.72. The van der Waals surface area contributed by atoms with E-state index in [4.69, 9.17) is 4.74 Å². The Morgan fingerprint density at radius 2 is 1.94 bits per heavy atom. The molecule has 3 nitrogen and oxygen atoms in total. The van der Waals surface area contributed by atoms with Gasteiger partial charge in [0.15, 0.2) is 17.8 Å². The predicted octanol–water partition coefficient (Wildman–Crippen LogP) is 2.88. The van der Waals surface area contributed by atoms with Crippen LogP contribution in [0.4, 0.5) is 0 Å². The second-order valence-electron chi connectivity index (χ2n) is 3.59. The van der Waals surface area contributed by atoms with Crippen molar-refractivity contribution in [3.05, 3.63) is 48.0 Å². The molecule has 0 aliphatic heterocycles. The molecule has 0 radical (unpaired) electrons. The van der Waals surface area contributed by atoms with Gasteiger partial charge in [-0.15, -0.1) is 0 Å². The number of phenols is 1. The van der Waals surface area contributed by atoms with E-state index >= 15 is 0 Å². The minimum absolute atomic E-state index is 0.0608. The summed E-state index contributed by atoms with van der Waals surface area (Å²) >= 11 is 0. The van der Waals surface area contributed by atoms with Gasteiger partial charge in [0.05, 0.1) is 7.11 Å². The van der Waals surface area contributed by atoms with E-state index in [1.807, 2.05) is 12.1 Å². The number of phenolic OH excluding ortho intramolecular Hbond substituents is 1. The van der Waals surface area contributed by atoms with Gasteiger partial charge in [0.25, 0.3) is 0 Å². The summed E-state index contributed by atoms with van der Waals surface area (Å²) in [4.78, 5) is 10.9. The number of hydrogen-bond acceptors (Lipinski definition) is 3. The van der Waals surface area contributed by atoms with Gasteiger partial charge >= 0.3 is 0 Å². The van der Waals surface area contributed by atoms with Gasteiger partial charge in [-0.1, -0.05) is 30.3 Å². The summed E-state index contributed by atoms with van der Waals surface area (Å²) in [5.41, 5.74) is 2.17. The van der Waals surface area contributed by atoms with Crippen LogP contribution in [0.1, 0.15) is 10.4 Å².